The maximum atomic E-state index is 12.1. The molecule has 8 heteroatoms. The van der Waals surface area contributed by atoms with Crippen LogP contribution >= 0.6 is 27.3 Å². The molecule has 0 unspecified atom stereocenters. The Labute approximate surface area is 150 Å². The van der Waals surface area contributed by atoms with Gasteiger partial charge in [-0.1, -0.05) is 27.3 Å². The van der Waals surface area contributed by atoms with Crippen molar-refractivity contribution in [2.24, 2.45) is 0 Å². The second-order valence-corrected chi connectivity index (χ2v) is 6.92. The van der Waals surface area contributed by atoms with Crippen LogP contribution in [0.25, 0.3) is 10.2 Å². The minimum absolute atomic E-state index is 0.165. The highest BCUT2D eigenvalue weighted by molar-refractivity contribution is 9.10. The molecule has 0 bridgehead atoms. The summed E-state index contributed by atoms with van der Waals surface area (Å²) in [6.07, 6.45) is 0. The highest BCUT2D eigenvalue weighted by Gasteiger charge is 2.08. The van der Waals surface area contributed by atoms with Gasteiger partial charge in [0.15, 0.2) is 5.13 Å². The van der Waals surface area contributed by atoms with Gasteiger partial charge in [0, 0.05) is 22.8 Å². The van der Waals surface area contributed by atoms with E-state index >= 15 is 0 Å². The van der Waals surface area contributed by atoms with Crippen LogP contribution in [0.3, 0.4) is 0 Å². The first-order chi connectivity index (χ1) is 11.5. The number of rotatable bonds is 3. The molecular weight excluding hydrogens is 392 g/mol. The van der Waals surface area contributed by atoms with E-state index < -0.39 is 0 Å². The van der Waals surface area contributed by atoms with E-state index in [4.69, 9.17) is 0 Å². The number of carbonyl (C=O) groups excluding carboxylic acids is 2. The van der Waals surface area contributed by atoms with Gasteiger partial charge in [-0.2, -0.15) is 0 Å². The highest BCUT2D eigenvalue weighted by Crippen LogP contribution is 2.28. The number of nitrogens with zero attached hydrogens (tertiary/aromatic N) is 1. The summed E-state index contributed by atoms with van der Waals surface area (Å²) in [5, 5.41) is 8.73. The van der Waals surface area contributed by atoms with Gasteiger partial charge in [-0.15, -0.1) is 0 Å². The molecule has 0 fully saturated rings. The van der Waals surface area contributed by atoms with Gasteiger partial charge in [0.05, 0.1) is 10.2 Å². The van der Waals surface area contributed by atoms with Crippen molar-refractivity contribution >= 4 is 65.9 Å². The molecule has 2 aromatic carbocycles. The van der Waals surface area contributed by atoms with Crippen LogP contribution in [0.5, 0.6) is 0 Å². The lowest BCUT2D eigenvalue weighted by molar-refractivity contribution is -0.114. The number of benzene rings is 2. The molecule has 24 heavy (non-hydrogen) atoms. The van der Waals surface area contributed by atoms with Crippen molar-refractivity contribution in [2.75, 3.05) is 16.0 Å². The van der Waals surface area contributed by atoms with Crippen LogP contribution in [0.15, 0.2) is 46.9 Å². The predicted molar refractivity (Wildman–Crippen MR) is 101 cm³/mol. The number of amides is 3. The molecule has 1 heterocycles. The number of thiazole rings is 1. The molecule has 0 aliphatic carbocycles. The molecule has 0 atom stereocenters. The molecule has 3 rings (SSSR count). The number of halogens is 1. The molecule has 3 N–H and O–H groups in total. The molecule has 0 aliphatic heterocycles. The number of carbonyl (C=O) groups is 2. The smallest absolute Gasteiger partial charge is 0.308 e. The first kappa shape index (κ1) is 16.4. The van der Waals surface area contributed by atoms with Gasteiger partial charge in [-0.05, 0) is 42.5 Å². The summed E-state index contributed by atoms with van der Waals surface area (Å²) in [7, 11) is 0. The van der Waals surface area contributed by atoms with E-state index in [9.17, 15) is 9.59 Å². The normalized spacial score (nSPS) is 10.4. The lowest BCUT2D eigenvalue weighted by Crippen LogP contribution is -2.19. The Hall–Kier alpha value is -2.45. The third kappa shape index (κ3) is 4.09. The predicted octanol–water partition coefficient (Wildman–Crippen LogP) is 4.66. The highest BCUT2D eigenvalue weighted by atomic mass is 79.9. The molecule has 0 spiro atoms. The lowest BCUT2D eigenvalue weighted by atomic mass is 10.3. The van der Waals surface area contributed by atoms with Crippen LogP contribution in [0.4, 0.5) is 21.3 Å². The second-order valence-electron chi connectivity index (χ2n) is 4.97. The average molecular weight is 405 g/mol. The third-order valence-electron chi connectivity index (χ3n) is 3.03. The Morgan fingerprint density at radius 3 is 2.38 bits per heavy atom. The molecule has 0 radical (unpaired) electrons. The van der Waals surface area contributed by atoms with E-state index in [0.29, 0.717) is 16.5 Å². The van der Waals surface area contributed by atoms with Gasteiger partial charge in [0.2, 0.25) is 5.91 Å². The first-order valence-corrected chi connectivity index (χ1v) is 8.62. The van der Waals surface area contributed by atoms with Crippen molar-refractivity contribution in [1.29, 1.82) is 0 Å². The van der Waals surface area contributed by atoms with Gasteiger partial charge in [0.25, 0.3) is 0 Å². The summed E-state index contributed by atoms with van der Waals surface area (Å²) >= 11 is 4.70. The number of aromatic nitrogens is 1. The molecule has 6 nitrogen and oxygen atoms in total. The Morgan fingerprint density at radius 2 is 1.67 bits per heavy atom. The number of urea groups is 1. The summed E-state index contributed by atoms with van der Waals surface area (Å²) in [5.74, 6) is -0.165. The van der Waals surface area contributed by atoms with E-state index in [1.54, 1.807) is 24.3 Å². The van der Waals surface area contributed by atoms with Crippen LogP contribution < -0.4 is 16.0 Å². The van der Waals surface area contributed by atoms with E-state index in [1.807, 2.05) is 18.2 Å². The van der Waals surface area contributed by atoms with Crippen molar-refractivity contribution in [2.45, 2.75) is 6.92 Å². The monoisotopic (exact) mass is 404 g/mol. The Bertz CT molecular complexity index is 908. The first-order valence-electron chi connectivity index (χ1n) is 7.01. The van der Waals surface area contributed by atoms with E-state index in [2.05, 4.69) is 36.9 Å². The standard InChI is InChI=1S/C16H13BrN4O2S/c1-9(22)18-16-21-13-7-6-12(8-14(13)24-16)20-15(23)19-11-4-2-10(17)3-5-11/h2-8H,1H3,(H,18,21,22)(H2,19,20,23). The zero-order chi connectivity index (χ0) is 17.1. The van der Waals surface area contributed by atoms with Crippen molar-refractivity contribution in [3.05, 3.63) is 46.9 Å². The maximum Gasteiger partial charge on any atom is 0.323 e. The largest absolute Gasteiger partial charge is 0.323 e. The quantitative estimate of drug-likeness (QED) is 0.593. The minimum Gasteiger partial charge on any atom is -0.308 e. The number of anilines is 3. The number of fused-ring (bicyclic) bond motifs is 1. The summed E-state index contributed by atoms with van der Waals surface area (Å²) in [4.78, 5) is 27.4. The van der Waals surface area contributed by atoms with Gasteiger partial charge in [-0.25, -0.2) is 9.78 Å². The molecule has 1 aromatic heterocycles. The number of hydrogen-bond acceptors (Lipinski definition) is 4. The molecule has 3 aromatic rings. The SMILES string of the molecule is CC(=O)Nc1nc2ccc(NC(=O)Nc3ccc(Br)cc3)cc2s1. The summed E-state index contributed by atoms with van der Waals surface area (Å²) in [6, 6.07) is 12.4. The molecule has 0 saturated carbocycles. The van der Waals surface area contributed by atoms with Crippen LogP contribution in [-0.2, 0) is 4.79 Å². The van der Waals surface area contributed by atoms with Crippen LogP contribution in [-0.4, -0.2) is 16.9 Å². The molecule has 0 aliphatic rings. The summed E-state index contributed by atoms with van der Waals surface area (Å²) in [6.45, 7) is 1.44. The fraction of sp³-hybridized carbons (Fsp3) is 0.0625. The zero-order valence-electron chi connectivity index (χ0n) is 12.6. The van der Waals surface area contributed by atoms with Crippen LogP contribution in [0, 0.1) is 0 Å². The Morgan fingerprint density at radius 1 is 1.00 bits per heavy atom. The molecule has 3 amide bonds. The topological polar surface area (TPSA) is 83.1 Å². The average Bonchev–Trinajstić information content (AvgIpc) is 2.90. The van der Waals surface area contributed by atoms with Crippen molar-refractivity contribution in [3.63, 3.8) is 0 Å². The molecule has 122 valence electrons. The number of nitrogens with one attached hydrogen (secondary N) is 3. The summed E-state index contributed by atoms with van der Waals surface area (Å²) < 4.78 is 1.82. The van der Waals surface area contributed by atoms with Crippen molar-refractivity contribution < 1.29 is 9.59 Å². The second kappa shape index (κ2) is 6.98. The van der Waals surface area contributed by atoms with E-state index in [1.165, 1.54) is 18.3 Å². The van der Waals surface area contributed by atoms with Gasteiger partial charge < -0.3 is 16.0 Å². The molecular formula is C16H13BrN4O2S. The van der Waals surface area contributed by atoms with Crippen molar-refractivity contribution in [1.82, 2.24) is 4.98 Å². The summed E-state index contributed by atoms with van der Waals surface area (Å²) in [5.41, 5.74) is 2.11. The van der Waals surface area contributed by atoms with Gasteiger partial charge >= 0.3 is 6.03 Å². The third-order valence-corrected chi connectivity index (χ3v) is 4.49. The Kier molecular flexibility index (Phi) is 4.77. The van der Waals surface area contributed by atoms with Crippen LogP contribution in [0.2, 0.25) is 0 Å². The fourth-order valence-corrected chi connectivity index (χ4v) is 3.25. The van der Waals surface area contributed by atoms with E-state index in [-0.39, 0.29) is 11.9 Å². The van der Waals surface area contributed by atoms with Crippen LogP contribution in [0.1, 0.15) is 6.92 Å². The molecule has 0 saturated heterocycles. The van der Waals surface area contributed by atoms with Gasteiger partial charge in [-0.3, -0.25) is 4.79 Å². The maximum absolute atomic E-state index is 12.1. The lowest BCUT2D eigenvalue weighted by Gasteiger charge is -2.07. The van der Waals surface area contributed by atoms with Gasteiger partial charge in [0.1, 0.15) is 0 Å². The fourth-order valence-electron chi connectivity index (χ4n) is 2.03. The van der Waals surface area contributed by atoms with Crippen molar-refractivity contribution in [3.8, 4) is 0 Å². The number of hydrogen-bond donors (Lipinski definition) is 3. The van der Waals surface area contributed by atoms with E-state index in [0.717, 1.165) is 14.7 Å². The zero-order valence-corrected chi connectivity index (χ0v) is 15.0. The minimum atomic E-state index is -0.330. The Balaban J connectivity index is 1.71.